The molecule has 5 aromatic rings. The summed E-state index contributed by atoms with van der Waals surface area (Å²) in [6, 6.07) is 33.9. The number of amides is 2. The average Bonchev–Trinajstić information content (AvgIpc) is 3.16. The van der Waals surface area contributed by atoms with Crippen LogP contribution in [0, 0.1) is 5.82 Å². The zero-order chi connectivity index (χ0) is 36.5. The molecule has 0 N–H and O–H groups in total. The SMILES string of the molecule is O=C(C(Cc1ccccc1)N(Cc1ccc(-c2ccccn2)cc1)C(=O)C=Cc1ccc(C(F)(F)F)cc1F)N1CCN(Cc2ccccc2)CC1. The number of pyridine rings is 1. The Morgan fingerprint density at radius 1 is 0.769 bits per heavy atom. The fraction of sp³-hybridized carbons (Fsp3) is 0.214. The van der Waals surface area contributed by atoms with Gasteiger partial charge in [-0.3, -0.25) is 19.5 Å². The van der Waals surface area contributed by atoms with E-state index in [0.717, 1.165) is 53.2 Å². The minimum atomic E-state index is -4.71. The van der Waals surface area contributed by atoms with Gasteiger partial charge in [0.2, 0.25) is 11.8 Å². The standard InChI is InChI=1S/C42H38F4N4O2/c43-37-28-36(42(44,45)46)20-18-34(37)19-21-40(51)50(30-33-14-16-35(17-15-33)38-13-7-8-22-47-38)39(27-31-9-3-1-4-10-31)41(52)49-25-23-48(24-26-49)29-32-11-5-2-6-12-32/h1-22,28,39H,23-27,29-30H2. The Balaban J connectivity index is 1.29. The molecule has 1 aromatic heterocycles. The highest BCUT2D eigenvalue weighted by molar-refractivity contribution is 5.96. The number of benzene rings is 4. The molecule has 1 fully saturated rings. The third-order valence-corrected chi connectivity index (χ3v) is 9.15. The summed E-state index contributed by atoms with van der Waals surface area (Å²) in [4.78, 5) is 38.6. The van der Waals surface area contributed by atoms with Gasteiger partial charge in [-0.05, 0) is 47.0 Å². The van der Waals surface area contributed by atoms with Crippen LogP contribution < -0.4 is 0 Å². The van der Waals surface area contributed by atoms with Gasteiger partial charge in [0.05, 0.1) is 11.3 Å². The summed E-state index contributed by atoms with van der Waals surface area (Å²) in [7, 11) is 0. The van der Waals surface area contributed by atoms with Gasteiger partial charge in [0.1, 0.15) is 11.9 Å². The topological polar surface area (TPSA) is 56.8 Å². The monoisotopic (exact) mass is 706 g/mol. The molecule has 0 radical (unpaired) electrons. The molecule has 4 aromatic carbocycles. The van der Waals surface area contributed by atoms with Gasteiger partial charge in [0.25, 0.3) is 0 Å². The Morgan fingerprint density at radius 3 is 2.04 bits per heavy atom. The number of rotatable bonds is 11. The van der Waals surface area contributed by atoms with Crippen LogP contribution in [0.25, 0.3) is 17.3 Å². The van der Waals surface area contributed by atoms with Crippen molar-refractivity contribution in [1.82, 2.24) is 19.7 Å². The predicted molar refractivity (Wildman–Crippen MR) is 193 cm³/mol. The Labute approximate surface area is 300 Å². The van der Waals surface area contributed by atoms with Crippen LogP contribution in [0.2, 0.25) is 0 Å². The summed E-state index contributed by atoms with van der Waals surface area (Å²) in [6.45, 7) is 3.09. The van der Waals surface area contributed by atoms with Crippen molar-refractivity contribution in [2.75, 3.05) is 26.2 Å². The molecular formula is C42H38F4N4O2. The first-order valence-electron chi connectivity index (χ1n) is 17.1. The first-order chi connectivity index (χ1) is 25.1. The van der Waals surface area contributed by atoms with Crippen LogP contribution in [0.5, 0.6) is 0 Å². The summed E-state index contributed by atoms with van der Waals surface area (Å²) >= 11 is 0. The van der Waals surface area contributed by atoms with E-state index in [1.807, 2.05) is 91.0 Å². The molecule has 1 saturated heterocycles. The number of hydrogen-bond acceptors (Lipinski definition) is 4. The lowest BCUT2D eigenvalue weighted by Crippen LogP contribution is -2.56. The second-order valence-corrected chi connectivity index (χ2v) is 12.7. The van der Waals surface area contributed by atoms with Crippen LogP contribution in [0.3, 0.4) is 0 Å². The Kier molecular flexibility index (Phi) is 11.6. The molecule has 6 rings (SSSR count). The molecule has 1 aliphatic heterocycles. The number of halogens is 4. The van der Waals surface area contributed by atoms with Crippen LogP contribution in [-0.4, -0.2) is 63.7 Å². The molecule has 0 spiro atoms. The fourth-order valence-electron chi connectivity index (χ4n) is 6.30. The van der Waals surface area contributed by atoms with Crippen LogP contribution in [-0.2, 0) is 35.3 Å². The second-order valence-electron chi connectivity index (χ2n) is 12.7. The van der Waals surface area contributed by atoms with Crippen molar-refractivity contribution in [3.8, 4) is 11.3 Å². The Morgan fingerprint density at radius 2 is 1.42 bits per heavy atom. The van der Waals surface area contributed by atoms with E-state index in [9.17, 15) is 27.2 Å². The minimum absolute atomic E-state index is 0.0539. The maximum atomic E-state index is 14.8. The summed E-state index contributed by atoms with van der Waals surface area (Å²) in [6.07, 6.45) is -0.501. The molecule has 6 nitrogen and oxygen atoms in total. The lowest BCUT2D eigenvalue weighted by molar-refractivity contribution is -0.145. The van der Waals surface area contributed by atoms with E-state index in [4.69, 9.17) is 0 Å². The molecule has 1 unspecified atom stereocenters. The minimum Gasteiger partial charge on any atom is -0.338 e. The molecule has 2 amide bonds. The van der Waals surface area contributed by atoms with E-state index in [1.165, 1.54) is 10.5 Å². The van der Waals surface area contributed by atoms with Crippen molar-refractivity contribution in [1.29, 1.82) is 0 Å². The summed E-state index contributed by atoms with van der Waals surface area (Å²) in [5, 5.41) is 0. The molecule has 52 heavy (non-hydrogen) atoms. The third kappa shape index (κ3) is 9.38. The summed E-state index contributed by atoms with van der Waals surface area (Å²) in [5.41, 5.74) is 3.15. The van der Waals surface area contributed by atoms with E-state index in [1.54, 1.807) is 11.1 Å². The number of alkyl halides is 3. The molecule has 0 aliphatic carbocycles. The van der Waals surface area contributed by atoms with E-state index in [0.29, 0.717) is 32.2 Å². The van der Waals surface area contributed by atoms with Crippen LogP contribution in [0.15, 0.2) is 134 Å². The molecule has 10 heteroatoms. The van der Waals surface area contributed by atoms with Gasteiger partial charge in [-0.1, -0.05) is 97.1 Å². The largest absolute Gasteiger partial charge is 0.416 e. The Hall–Kier alpha value is -5.61. The number of aromatic nitrogens is 1. The zero-order valence-corrected chi connectivity index (χ0v) is 28.4. The van der Waals surface area contributed by atoms with Crippen molar-refractivity contribution in [2.24, 2.45) is 0 Å². The van der Waals surface area contributed by atoms with E-state index < -0.39 is 29.5 Å². The third-order valence-electron chi connectivity index (χ3n) is 9.15. The summed E-state index contributed by atoms with van der Waals surface area (Å²) in [5.74, 6) is -1.90. The number of hydrogen-bond donors (Lipinski definition) is 0. The molecule has 0 saturated carbocycles. The molecule has 266 valence electrons. The molecule has 0 bridgehead atoms. The number of piperazine rings is 1. The maximum Gasteiger partial charge on any atom is 0.416 e. The fourth-order valence-corrected chi connectivity index (χ4v) is 6.30. The van der Waals surface area contributed by atoms with Crippen LogP contribution in [0.1, 0.15) is 27.8 Å². The average molecular weight is 707 g/mol. The number of nitrogens with zero attached hydrogens (tertiary/aromatic N) is 4. The van der Waals surface area contributed by atoms with Gasteiger partial charge in [0, 0.05) is 69.1 Å². The van der Waals surface area contributed by atoms with Gasteiger partial charge in [-0.2, -0.15) is 13.2 Å². The highest BCUT2D eigenvalue weighted by Gasteiger charge is 2.34. The van der Waals surface area contributed by atoms with Crippen molar-refractivity contribution in [3.63, 3.8) is 0 Å². The predicted octanol–water partition coefficient (Wildman–Crippen LogP) is 7.90. The second kappa shape index (κ2) is 16.6. The van der Waals surface area contributed by atoms with Crippen molar-refractivity contribution >= 4 is 17.9 Å². The van der Waals surface area contributed by atoms with Gasteiger partial charge >= 0.3 is 6.18 Å². The highest BCUT2D eigenvalue weighted by atomic mass is 19.4. The van der Waals surface area contributed by atoms with Crippen molar-refractivity contribution in [3.05, 3.63) is 167 Å². The lowest BCUT2D eigenvalue weighted by Gasteiger charge is -2.39. The van der Waals surface area contributed by atoms with Crippen LogP contribution >= 0.6 is 0 Å². The normalized spacial score (nSPS) is 14.3. The van der Waals surface area contributed by atoms with E-state index in [-0.39, 0.29) is 24.4 Å². The highest BCUT2D eigenvalue weighted by Crippen LogP contribution is 2.30. The van der Waals surface area contributed by atoms with Crippen molar-refractivity contribution in [2.45, 2.75) is 31.7 Å². The summed E-state index contributed by atoms with van der Waals surface area (Å²) < 4.78 is 54.3. The zero-order valence-electron chi connectivity index (χ0n) is 28.4. The smallest absolute Gasteiger partial charge is 0.338 e. The number of carbonyl (C=O) groups is 2. The van der Waals surface area contributed by atoms with Crippen LogP contribution in [0.4, 0.5) is 17.6 Å². The first-order valence-corrected chi connectivity index (χ1v) is 17.1. The maximum absolute atomic E-state index is 14.8. The van der Waals surface area contributed by atoms with E-state index in [2.05, 4.69) is 22.0 Å². The molecular weight excluding hydrogens is 668 g/mol. The Bertz CT molecular complexity index is 1960. The first kappa shape index (κ1) is 36.2. The van der Waals surface area contributed by atoms with Gasteiger partial charge in [0.15, 0.2) is 0 Å². The van der Waals surface area contributed by atoms with Gasteiger partial charge < -0.3 is 9.80 Å². The molecule has 2 heterocycles. The molecule has 1 atom stereocenters. The number of carbonyl (C=O) groups excluding carboxylic acids is 2. The lowest BCUT2D eigenvalue weighted by atomic mass is 10.0. The van der Waals surface area contributed by atoms with Gasteiger partial charge in [-0.25, -0.2) is 4.39 Å². The van der Waals surface area contributed by atoms with Gasteiger partial charge in [-0.15, -0.1) is 0 Å². The quantitative estimate of drug-likeness (QED) is 0.104. The van der Waals surface area contributed by atoms with E-state index >= 15 is 0 Å². The van der Waals surface area contributed by atoms with Crippen molar-refractivity contribution < 1.29 is 27.2 Å². The molecule has 1 aliphatic rings.